The minimum absolute atomic E-state index is 0.0965. The van der Waals surface area contributed by atoms with Gasteiger partial charge in [-0.15, -0.1) is 0 Å². The van der Waals surface area contributed by atoms with Crippen molar-refractivity contribution in [1.29, 1.82) is 5.26 Å². The van der Waals surface area contributed by atoms with E-state index < -0.39 is 5.97 Å². The Bertz CT molecular complexity index is 1080. The highest BCUT2D eigenvalue weighted by atomic mass is 16.5. The molecule has 0 aliphatic heterocycles. The number of methoxy groups -OCH3 is 2. The molecule has 0 fully saturated rings. The van der Waals surface area contributed by atoms with E-state index >= 15 is 0 Å². The highest BCUT2D eigenvalue weighted by Gasteiger charge is 2.17. The van der Waals surface area contributed by atoms with E-state index in [1.165, 1.54) is 0 Å². The SMILES string of the molecule is COc1cc(C)c(COC(=O)c2ccccc2-c2ccccc2C#N)cc1OC. The number of nitriles is 1. The minimum atomic E-state index is -0.456. The molecule has 0 bridgehead atoms. The summed E-state index contributed by atoms with van der Waals surface area (Å²) in [6, 6.07) is 20.1. The zero-order valence-corrected chi connectivity index (χ0v) is 16.6. The van der Waals surface area contributed by atoms with Crippen molar-refractivity contribution >= 4 is 5.97 Å². The van der Waals surface area contributed by atoms with Crippen molar-refractivity contribution in [1.82, 2.24) is 0 Å². The molecule has 0 saturated heterocycles. The number of nitrogens with zero attached hydrogens (tertiary/aromatic N) is 1. The van der Waals surface area contributed by atoms with Crippen LogP contribution in [-0.2, 0) is 11.3 Å². The van der Waals surface area contributed by atoms with Crippen molar-refractivity contribution < 1.29 is 19.0 Å². The van der Waals surface area contributed by atoms with E-state index in [0.717, 1.165) is 11.1 Å². The molecule has 0 N–H and O–H groups in total. The van der Waals surface area contributed by atoms with Gasteiger partial charge >= 0.3 is 5.97 Å². The second-order valence-electron chi connectivity index (χ2n) is 6.41. The van der Waals surface area contributed by atoms with E-state index in [9.17, 15) is 10.1 Å². The van der Waals surface area contributed by atoms with Crippen LogP contribution in [0.3, 0.4) is 0 Å². The molecular formula is C24H21NO4. The van der Waals surface area contributed by atoms with E-state index in [4.69, 9.17) is 14.2 Å². The number of aryl methyl sites for hydroxylation is 1. The molecule has 0 amide bonds. The largest absolute Gasteiger partial charge is 0.493 e. The standard InChI is InChI=1S/C24H21NO4/c1-16-12-22(27-2)23(28-3)13-18(16)15-29-24(26)21-11-7-6-10-20(21)19-9-5-4-8-17(19)14-25/h4-13H,15H2,1-3H3. The third-order valence-electron chi connectivity index (χ3n) is 4.69. The molecule has 0 aliphatic rings. The van der Waals surface area contributed by atoms with Crippen LogP contribution < -0.4 is 9.47 Å². The number of hydrogen-bond donors (Lipinski definition) is 0. The van der Waals surface area contributed by atoms with Gasteiger partial charge < -0.3 is 14.2 Å². The summed E-state index contributed by atoms with van der Waals surface area (Å²) < 4.78 is 16.2. The molecule has 0 unspecified atom stereocenters. The molecule has 5 heteroatoms. The number of esters is 1. The molecule has 5 nitrogen and oxygen atoms in total. The van der Waals surface area contributed by atoms with Gasteiger partial charge in [-0.05, 0) is 47.9 Å². The maximum atomic E-state index is 12.8. The fourth-order valence-corrected chi connectivity index (χ4v) is 3.11. The first-order chi connectivity index (χ1) is 14.1. The summed E-state index contributed by atoms with van der Waals surface area (Å²) in [4.78, 5) is 12.8. The Morgan fingerprint density at radius 2 is 1.55 bits per heavy atom. The summed E-state index contributed by atoms with van der Waals surface area (Å²) in [6.45, 7) is 2.02. The minimum Gasteiger partial charge on any atom is -0.493 e. The maximum absolute atomic E-state index is 12.8. The maximum Gasteiger partial charge on any atom is 0.339 e. The Morgan fingerprint density at radius 1 is 0.931 bits per heavy atom. The van der Waals surface area contributed by atoms with Crippen LogP contribution in [0.2, 0.25) is 0 Å². The molecule has 0 aromatic heterocycles. The van der Waals surface area contributed by atoms with Gasteiger partial charge in [-0.2, -0.15) is 5.26 Å². The number of rotatable bonds is 6. The van der Waals surface area contributed by atoms with Crippen molar-refractivity contribution in [3.63, 3.8) is 0 Å². The quantitative estimate of drug-likeness (QED) is 0.562. The van der Waals surface area contributed by atoms with Gasteiger partial charge in [0.1, 0.15) is 6.61 Å². The molecule has 3 rings (SSSR count). The third-order valence-corrected chi connectivity index (χ3v) is 4.69. The summed E-state index contributed by atoms with van der Waals surface area (Å²) in [6.07, 6.45) is 0. The molecule has 3 aromatic carbocycles. The van der Waals surface area contributed by atoms with Crippen molar-refractivity contribution in [2.75, 3.05) is 14.2 Å². The molecule has 29 heavy (non-hydrogen) atoms. The average Bonchev–Trinajstić information content (AvgIpc) is 2.77. The van der Waals surface area contributed by atoms with Crippen molar-refractivity contribution in [2.24, 2.45) is 0 Å². The average molecular weight is 387 g/mol. The molecule has 0 heterocycles. The summed E-state index contributed by atoms with van der Waals surface area (Å²) in [5.74, 6) is 0.744. The third kappa shape index (κ3) is 4.22. The molecule has 0 radical (unpaired) electrons. The zero-order chi connectivity index (χ0) is 20.8. The normalized spacial score (nSPS) is 10.1. The fraction of sp³-hybridized carbons (Fsp3) is 0.167. The molecule has 0 spiro atoms. The van der Waals surface area contributed by atoms with Crippen LogP contribution >= 0.6 is 0 Å². The lowest BCUT2D eigenvalue weighted by Gasteiger charge is -2.14. The fourth-order valence-electron chi connectivity index (χ4n) is 3.11. The van der Waals surface area contributed by atoms with Gasteiger partial charge in [0.05, 0.1) is 31.4 Å². The lowest BCUT2D eigenvalue weighted by molar-refractivity contribution is 0.0472. The second-order valence-corrected chi connectivity index (χ2v) is 6.41. The number of benzene rings is 3. The Balaban J connectivity index is 1.88. The summed E-state index contributed by atoms with van der Waals surface area (Å²) in [5.41, 5.74) is 4.03. The number of carbonyl (C=O) groups is 1. The molecule has 3 aromatic rings. The molecule has 0 saturated carbocycles. The number of hydrogen-bond acceptors (Lipinski definition) is 5. The van der Waals surface area contributed by atoms with Crippen LogP contribution in [0.1, 0.15) is 27.0 Å². The van der Waals surface area contributed by atoms with Gasteiger partial charge in [0.25, 0.3) is 0 Å². The second kappa shape index (κ2) is 8.94. The Morgan fingerprint density at radius 3 is 2.24 bits per heavy atom. The first-order valence-electron chi connectivity index (χ1n) is 9.06. The highest BCUT2D eigenvalue weighted by molar-refractivity contribution is 5.98. The summed E-state index contributed by atoms with van der Waals surface area (Å²) in [7, 11) is 3.14. The van der Waals surface area contributed by atoms with Crippen molar-refractivity contribution in [3.8, 4) is 28.7 Å². The molecule has 0 atom stereocenters. The summed E-state index contributed by atoms with van der Waals surface area (Å²) in [5, 5.41) is 9.40. The highest BCUT2D eigenvalue weighted by Crippen LogP contribution is 2.31. The number of ether oxygens (including phenoxy) is 3. The number of carbonyl (C=O) groups excluding carboxylic acids is 1. The molecule has 146 valence electrons. The van der Waals surface area contributed by atoms with Gasteiger partial charge in [0.2, 0.25) is 0 Å². The van der Waals surface area contributed by atoms with Gasteiger partial charge in [0.15, 0.2) is 11.5 Å². The van der Waals surface area contributed by atoms with Gasteiger partial charge in [-0.3, -0.25) is 0 Å². The van der Waals surface area contributed by atoms with Gasteiger partial charge in [0, 0.05) is 5.56 Å². The van der Waals surface area contributed by atoms with Crippen LogP contribution in [0.25, 0.3) is 11.1 Å². The predicted octanol–water partition coefficient (Wildman–Crippen LogP) is 4.91. The smallest absolute Gasteiger partial charge is 0.339 e. The Labute approximate surface area is 170 Å². The molecule has 0 aliphatic carbocycles. The first kappa shape index (κ1) is 20.0. The molecular weight excluding hydrogens is 366 g/mol. The topological polar surface area (TPSA) is 68.5 Å². The van der Waals surface area contributed by atoms with Gasteiger partial charge in [-0.1, -0.05) is 36.4 Å². The Kier molecular flexibility index (Phi) is 6.16. The summed E-state index contributed by atoms with van der Waals surface area (Å²) >= 11 is 0. The van der Waals surface area contributed by atoms with Crippen LogP contribution in [0.4, 0.5) is 0 Å². The zero-order valence-electron chi connectivity index (χ0n) is 16.6. The Hall–Kier alpha value is -3.78. The lowest BCUT2D eigenvalue weighted by Crippen LogP contribution is -2.08. The van der Waals surface area contributed by atoms with E-state index in [2.05, 4.69) is 6.07 Å². The first-order valence-corrected chi connectivity index (χ1v) is 9.06. The van der Waals surface area contributed by atoms with Crippen LogP contribution in [0, 0.1) is 18.3 Å². The van der Waals surface area contributed by atoms with E-state index in [1.807, 2.05) is 37.3 Å². The van der Waals surface area contributed by atoms with Crippen molar-refractivity contribution in [3.05, 3.63) is 82.9 Å². The van der Waals surface area contributed by atoms with Crippen LogP contribution in [0.5, 0.6) is 11.5 Å². The van der Waals surface area contributed by atoms with Crippen molar-refractivity contribution in [2.45, 2.75) is 13.5 Å². The van der Waals surface area contributed by atoms with Gasteiger partial charge in [-0.25, -0.2) is 4.79 Å². The monoisotopic (exact) mass is 387 g/mol. The van der Waals surface area contributed by atoms with E-state index in [-0.39, 0.29) is 6.61 Å². The van der Waals surface area contributed by atoms with Crippen LogP contribution in [0.15, 0.2) is 60.7 Å². The van der Waals surface area contributed by atoms with E-state index in [1.54, 1.807) is 44.6 Å². The van der Waals surface area contributed by atoms with E-state index in [0.29, 0.717) is 33.8 Å². The van der Waals surface area contributed by atoms with Crippen LogP contribution in [-0.4, -0.2) is 20.2 Å². The lowest BCUT2D eigenvalue weighted by atomic mass is 9.96. The predicted molar refractivity (Wildman–Crippen MR) is 110 cm³/mol.